The molecule has 222 valence electrons. The largest absolute Gasteiger partial charge is 0.326 e. The summed E-state index contributed by atoms with van der Waals surface area (Å²) in [5.74, 6) is 0. The van der Waals surface area contributed by atoms with E-state index >= 15 is 0 Å². The Kier molecular flexibility index (Phi) is 6.36. The van der Waals surface area contributed by atoms with Crippen molar-refractivity contribution in [2.24, 2.45) is 0 Å². The van der Waals surface area contributed by atoms with Gasteiger partial charge in [0.2, 0.25) is 0 Å². The molecule has 5 heteroatoms. The average Bonchev–Trinajstić information content (AvgIpc) is 3.31. The zero-order chi connectivity index (χ0) is 31.4. The third kappa shape index (κ3) is 4.56. The Morgan fingerprint density at radius 3 is 1.78 bits per heavy atom. The standard InChI is InChI=1S/C41H31N3O2/c1-41(2)36-11-7-6-10-33(36)34-22-21-32(25-37(34)41)44(30-17-12-27(13-18-30)26-8-4-3-5-9-26)31-19-14-28(15-20-31)29-16-23-38-35(24-29)39(45)43-40(46)42-38/h3-25H,1-2H3,(H2,42,43,45,46). The van der Waals surface area contributed by atoms with Crippen LogP contribution in [0.1, 0.15) is 25.0 Å². The predicted molar refractivity (Wildman–Crippen MR) is 188 cm³/mol. The van der Waals surface area contributed by atoms with E-state index in [1.807, 2.05) is 18.2 Å². The number of H-pyrrole nitrogens is 2. The van der Waals surface area contributed by atoms with Gasteiger partial charge in [-0.05, 0) is 93.0 Å². The van der Waals surface area contributed by atoms with Gasteiger partial charge in [0.05, 0.1) is 10.9 Å². The second-order valence-electron chi connectivity index (χ2n) is 12.4. The lowest BCUT2D eigenvalue weighted by Gasteiger charge is -2.28. The van der Waals surface area contributed by atoms with Crippen molar-refractivity contribution in [1.29, 1.82) is 0 Å². The molecule has 1 aromatic heterocycles. The van der Waals surface area contributed by atoms with Gasteiger partial charge in [0.25, 0.3) is 5.56 Å². The van der Waals surface area contributed by atoms with Crippen LogP contribution in [0, 0.1) is 0 Å². The summed E-state index contributed by atoms with van der Waals surface area (Å²) in [6.45, 7) is 4.61. The average molecular weight is 598 g/mol. The summed E-state index contributed by atoms with van der Waals surface area (Å²) >= 11 is 0. The molecule has 0 aliphatic heterocycles. The fourth-order valence-corrected chi connectivity index (χ4v) is 6.86. The molecule has 0 bridgehead atoms. The number of anilines is 3. The quantitative estimate of drug-likeness (QED) is 0.208. The van der Waals surface area contributed by atoms with Crippen molar-refractivity contribution in [2.75, 3.05) is 4.90 Å². The van der Waals surface area contributed by atoms with Crippen molar-refractivity contribution >= 4 is 28.0 Å². The fourth-order valence-electron chi connectivity index (χ4n) is 6.86. The Labute approximate surface area is 266 Å². The number of nitrogens with one attached hydrogen (secondary N) is 2. The maximum absolute atomic E-state index is 12.5. The Morgan fingerprint density at radius 2 is 1.07 bits per heavy atom. The van der Waals surface area contributed by atoms with Gasteiger partial charge >= 0.3 is 5.69 Å². The Balaban J connectivity index is 1.23. The van der Waals surface area contributed by atoms with Crippen LogP contribution in [0.3, 0.4) is 0 Å². The van der Waals surface area contributed by atoms with E-state index in [1.165, 1.54) is 27.8 Å². The van der Waals surface area contributed by atoms with Crippen LogP contribution >= 0.6 is 0 Å². The minimum Gasteiger partial charge on any atom is -0.310 e. The molecule has 0 fully saturated rings. The molecule has 6 aromatic carbocycles. The lowest BCUT2D eigenvalue weighted by Crippen LogP contribution is -2.21. The first-order chi connectivity index (χ1) is 22.4. The molecule has 0 saturated heterocycles. The van der Waals surface area contributed by atoms with Crippen LogP contribution in [0.25, 0.3) is 44.3 Å². The van der Waals surface area contributed by atoms with Gasteiger partial charge in [0, 0.05) is 22.5 Å². The number of hydrogen-bond acceptors (Lipinski definition) is 3. The third-order valence-corrected chi connectivity index (χ3v) is 9.26. The summed E-state index contributed by atoms with van der Waals surface area (Å²) in [5.41, 5.74) is 12.1. The zero-order valence-electron chi connectivity index (χ0n) is 25.5. The molecule has 8 rings (SSSR count). The molecule has 0 radical (unpaired) electrons. The highest BCUT2D eigenvalue weighted by atomic mass is 16.2. The number of rotatable bonds is 5. The second-order valence-corrected chi connectivity index (χ2v) is 12.4. The number of nitrogens with zero attached hydrogens (tertiary/aromatic N) is 1. The normalized spacial score (nSPS) is 12.9. The highest BCUT2D eigenvalue weighted by Crippen LogP contribution is 2.50. The smallest absolute Gasteiger partial charge is 0.310 e. The lowest BCUT2D eigenvalue weighted by atomic mass is 9.82. The molecule has 7 aromatic rings. The van der Waals surface area contributed by atoms with E-state index in [1.54, 1.807) is 6.07 Å². The SMILES string of the molecule is CC1(C)c2ccccc2-c2ccc(N(c3ccc(-c4ccccc4)cc3)c3ccc(-c4ccc5[nH]c(=O)[nH]c(=O)c5c4)cc3)cc21. The van der Waals surface area contributed by atoms with E-state index in [2.05, 4.69) is 144 Å². The first-order valence-electron chi connectivity index (χ1n) is 15.4. The van der Waals surface area contributed by atoms with Crippen molar-refractivity contribution in [3.05, 3.63) is 171 Å². The van der Waals surface area contributed by atoms with Gasteiger partial charge in [0.15, 0.2) is 0 Å². The number of benzene rings is 6. The van der Waals surface area contributed by atoms with E-state index in [0.717, 1.165) is 33.8 Å². The van der Waals surface area contributed by atoms with Crippen molar-refractivity contribution in [1.82, 2.24) is 9.97 Å². The van der Waals surface area contributed by atoms with Crippen LogP contribution in [0.2, 0.25) is 0 Å². The minimum atomic E-state index is -0.509. The van der Waals surface area contributed by atoms with Gasteiger partial charge in [-0.2, -0.15) is 0 Å². The molecule has 1 aliphatic rings. The number of aromatic nitrogens is 2. The Hall–Kier alpha value is -5.94. The monoisotopic (exact) mass is 597 g/mol. The predicted octanol–water partition coefficient (Wildman–Crippen LogP) is 9.33. The van der Waals surface area contributed by atoms with Gasteiger partial charge in [-0.25, -0.2) is 4.79 Å². The van der Waals surface area contributed by atoms with E-state index in [0.29, 0.717) is 10.9 Å². The molecule has 0 unspecified atom stereocenters. The van der Waals surface area contributed by atoms with Crippen molar-refractivity contribution in [3.8, 4) is 33.4 Å². The molecule has 0 amide bonds. The van der Waals surface area contributed by atoms with Gasteiger partial charge in [0.1, 0.15) is 0 Å². The van der Waals surface area contributed by atoms with E-state index < -0.39 is 11.2 Å². The second kappa shape index (κ2) is 10.6. The van der Waals surface area contributed by atoms with E-state index in [9.17, 15) is 9.59 Å². The van der Waals surface area contributed by atoms with Gasteiger partial charge < -0.3 is 9.88 Å². The van der Waals surface area contributed by atoms with Crippen LogP contribution in [0.5, 0.6) is 0 Å². The van der Waals surface area contributed by atoms with Crippen LogP contribution in [0.15, 0.2) is 149 Å². The highest BCUT2D eigenvalue weighted by Gasteiger charge is 2.35. The molecule has 0 saturated carbocycles. The summed E-state index contributed by atoms with van der Waals surface area (Å²) in [5, 5.41) is 0.447. The number of fused-ring (bicyclic) bond motifs is 4. The fraction of sp³-hybridized carbons (Fsp3) is 0.0732. The van der Waals surface area contributed by atoms with Crippen LogP contribution in [-0.2, 0) is 5.41 Å². The summed E-state index contributed by atoms with van der Waals surface area (Å²) < 4.78 is 0. The maximum atomic E-state index is 12.5. The molecule has 0 spiro atoms. The maximum Gasteiger partial charge on any atom is 0.326 e. The summed E-state index contributed by atoms with van der Waals surface area (Å²) in [6, 6.07) is 48.6. The molecule has 46 heavy (non-hydrogen) atoms. The van der Waals surface area contributed by atoms with Gasteiger partial charge in [-0.15, -0.1) is 0 Å². The zero-order valence-corrected chi connectivity index (χ0v) is 25.5. The topological polar surface area (TPSA) is 69.0 Å². The first kappa shape index (κ1) is 27.6. The third-order valence-electron chi connectivity index (χ3n) is 9.26. The molecular weight excluding hydrogens is 566 g/mol. The number of aromatic amines is 2. The highest BCUT2D eigenvalue weighted by molar-refractivity contribution is 5.87. The first-order valence-corrected chi connectivity index (χ1v) is 15.4. The number of hydrogen-bond donors (Lipinski definition) is 2. The van der Waals surface area contributed by atoms with Crippen LogP contribution in [-0.4, -0.2) is 9.97 Å². The van der Waals surface area contributed by atoms with Crippen LogP contribution in [0.4, 0.5) is 17.1 Å². The van der Waals surface area contributed by atoms with Crippen molar-refractivity contribution < 1.29 is 0 Å². The molecule has 0 atom stereocenters. The minimum absolute atomic E-state index is 0.118. The Morgan fingerprint density at radius 1 is 0.500 bits per heavy atom. The lowest BCUT2D eigenvalue weighted by molar-refractivity contribution is 0.660. The summed E-state index contributed by atoms with van der Waals surface area (Å²) in [6.07, 6.45) is 0. The molecular formula is C41H31N3O2. The van der Waals surface area contributed by atoms with E-state index in [4.69, 9.17) is 0 Å². The van der Waals surface area contributed by atoms with Gasteiger partial charge in [-0.3, -0.25) is 9.78 Å². The van der Waals surface area contributed by atoms with Crippen molar-refractivity contribution in [2.45, 2.75) is 19.3 Å². The van der Waals surface area contributed by atoms with Crippen LogP contribution < -0.4 is 16.1 Å². The summed E-state index contributed by atoms with van der Waals surface area (Å²) in [4.78, 5) is 31.5. The molecule has 2 N–H and O–H groups in total. The van der Waals surface area contributed by atoms with Gasteiger partial charge in [-0.1, -0.05) is 105 Å². The van der Waals surface area contributed by atoms with Crippen molar-refractivity contribution in [3.63, 3.8) is 0 Å². The molecule has 5 nitrogen and oxygen atoms in total. The molecule has 1 aliphatic carbocycles. The summed E-state index contributed by atoms with van der Waals surface area (Å²) in [7, 11) is 0. The molecule has 1 heterocycles. The van der Waals surface area contributed by atoms with E-state index in [-0.39, 0.29) is 5.41 Å². The Bertz CT molecular complexity index is 2370.